The van der Waals surface area contributed by atoms with Crippen LogP contribution in [0.3, 0.4) is 0 Å². The maximum Gasteiger partial charge on any atom is 0.326 e. The van der Waals surface area contributed by atoms with Crippen molar-refractivity contribution in [3.63, 3.8) is 0 Å². The van der Waals surface area contributed by atoms with E-state index < -0.39 is 35.4 Å². The number of carbonyl (C=O) groups is 2. The van der Waals surface area contributed by atoms with E-state index in [1.807, 2.05) is 0 Å². The number of aliphatic carboxylic acids is 1. The third-order valence-corrected chi connectivity index (χ3v) is 3.08. The van der Waals surface area contributed by atoms with Crippen molar-refractivity contribution >= 4 is 11.9 Å². The van der Waals surface area contributed by atoms with Crippen LogP contribution in [0.4, 0.5) is 13.2 Å². The van der Waals surface area contributed by atoms with E-state index in [0.29, 0.717) is 11.6 Å². The molecule has 1 amide bonds. The Bertz CT molecular complexity index is 712. The second-order valence-corrected chi connectivity index (χ2v) is 4.85. The predicted octanol–water partition coefficient (Wildman–Crippen LogP) is 2.53. The second-order valence-electron chi connectivity index (χ2n) is 4.85. The van der Waals surface area contributed by atoms with Crippen molar-refractivity contribution in [2.45, 2.75) is 12.5 Å². The fourth-order valence-corrected chi connectivity index (χ4v) is 1.98. The summed E-state index contributed by atoms with van der Waals surface area (Å²) < 4.78 is 39.0. The summed E-state index contributed by atoms with van der Waals surface area (Å²) in [5.41, 5.74) is 0.164. The molecule has 0 saturated heterocycles. The number of rotatable bonds is 5. The van der Waals surface area contributed by atoms with Crippen LogP contribution in [-0.4, -0.2) is 23.0 Å². The van der Waals surface area contributed by atoms with Gasteiger partial charge in [-0.05, 0) is 29.8 Å². The highest BCUT2D eigenvalue weighted by molar-refractivity contribution is 5.96. The molecule has 0 aromatic heterocycles. The van der Waals surface area contributed by atoms with Gasteiger partial charge < -0.3 is 10.4 Å². The summed E-state index contributed by atoms with van der Waals surface area (Å²) >= 11 is 0. The number of halogens is 3. The monoisotopic (exact) mass is 323 g/mol. The molecule has 2 aromatic carbocycles. The second kappa shape index (κ2) is 6.95. The van der Waals surface area contributed by atoms with Gasteiger partial charge in [0.1, 0.15) is 23.5 Å². The molecule has 0 spiro atoms. The summed E-state index contributed by atoms with van der Waals surface area (Å²) in [6.45, 7) is 0. The quantitative estimate of drug-likeness (QED) is 0.888. The number of carboxylic acids is 1. The zero-order valence-corrected chi connectivity index (χ0v) is 11.7. The predicted molar refractivity (Wildman–Crippen MR) is 75.4 cm³/mol. The highest BCUT2D eigenvalue weighted by atomic mass is 19.1. The molecule has 0 aliphatic rings. The minimum absolute atomic E-state index is 0.0981. The average Bonchev–Trinajstić information content (AvgIpc) is 2.47. The molecule has 2 aromatic rings. The van der Waals surface area contributed by atoms with Gasteiger partial charge in [0.25, 0.3) is 5.91 Å². The first-order chi connectivity index (χ1) is 10.8. The number of amides is 1. The molecule has 0 fully saturated rings. The Morgan fingerprint density at radius 3 is 2.04 bits per heavy atom. The zero-order valence-electron chi connectivity index (χ0n) is 11.7. The van der Waals surface area contributed by atoms with Crippen molar-refractivity contribution in [3.05, 3.63) is 71.0 Å². The highest BCUT2D eigenvalue weighted by Crippen LogP contribution is 2.10. The molecule has 2 rings (SSSR count). The van der Waals surface area contributed by atoms with Gasteiger partial charge in [0, 0.05) is 18.1 Å². The van der Waals surface area contributed by atoms with E-state index in [0.717, 1.165) is 24.3 Å². The van der Waals surface area contributed by atoms with Crippen LogP contribution in [0.25, 0.3) is 0 Å². The van der Waals surface area contributed by atoms with Gasteiger partial charge in [0.05, 0.1) is 0 Å². The van der Waals surface area contributed by atoms with Gasteiger partial charge in [-0.15, -0.1) is 0 Å². The number of benzene rings is 2. The summed E-state index contributed by atoms with van der Waals surface area (Å²) in [7, 11) is 0. The van der Waals surface area contributed by atoms with E-state index in [-0.39, 0.29) is 12.0 Å². The molecule has 0 unspecified atom stereocenters. The first-order valence-corrected chi connectivity index (χ1v) is 6.59. The third kappa shape index (κ3) is 4.57. The molecule has 2 N–H and O–H groups in total. The van der Waals surface area contributed by atoms with E-state index in [2.05, 4.69) is 5.32 Å². The normalized spacial score (nSPS) is 11.8. The molecule has 0 aliphatic carbocycles. The third-order valence-electron chi connectivity index (χ3n) is 3.08. The fourth-order valence-electron chi connectivity index (χ4n) is 1.98. The van der Waals surface area contributed by atoms with Crippen LogP contribution >= 0.6 is 0 Å². The van der Waals surface area contributed by atoms with Crippen molar-refractivity contribution < 1.29 is 27.9 Å². The summed E-state index contributed by atoms with van der Waals surface area (Å²) in [6.07, 6.45) is -0.0981. The Kier molecular flexibility index (Phi) is 5.00. The van der Waals surface area contributed by atoms with Crippen molar-refractivity contribution in [2.24, 2.45) is 0 Å². The van der Waals surface area contributed by atoms with Crippen LogP contribution in [-0.2, 0) is 11.2 Å². The van der Waals surface area contributed by atoms with Crippen LogP contribution in [0.15, 0.2) is 42.5 Å². The van der Waals surface area contributed by atoms with Gasteiger partial charge in [-0.1, -0.05) is 12.1 Å². The van der Waals surface area contributed by atoms with Crippen molar-refractivity contribution in [3.8, 4) is 0 Å². The first-order valence-electron chi connectivity index (χ1n) is 6.59. The maximum absolute atomic E-state index is 13.1. The molecular formula is C16H12F3NO3. The van der Waals surface area contributed by atoms with Crippen molar-refractivity contribution in [1.29, 1.82) is 0 Å². The van der Waals surface area contributed by atoms with E-state index in [1.165, 1.54) is 12.1 Å². The van der Waals surface area contributed by atoms with Gasteiger partial charge in [0.2, 0.25) is 0 Å². The molecule has 0 saturated carbocycles. The Balaban J connectivity index is 2.14. The summed E-state index contributed by atoms with van der Waals surface area (Å²) in [4.78, 5) is 23.2. The number of hydrogen-bond donors (Lipinski definition) is 2. The lowest BCUT2D eigenvalue weighted by atomic mass is 10.1. The minimum Gasteiger partial charge on any atom is -0.480 e. The molecule has 0 radical (unpaired) electrons. The van der Waals surface area contributed by atoms with E-state index >= 15 is 0 Å². The van der Waals surface area contributed by atoms with E-state index in [9.17, 15) is 22.8 Å². The SMILES string of the molecule is O=C(N[C@@H](Cc1ccc(F)cc1)C(=O)O)c1cc(F)cc(F)c1. The lowest BCUT2D eigenvalue weighted by Gasteiger charge is -2.15. The molecule has 23 heavy (non-hydrogen) atoms. The van der Waals surface area contributed by atoms with Gasteiger partial charge in [-0.25, -0.2) is 18.0 Å². The number of nitrogens with one attached hydrogen (secondary N) is 1. The first kappa shape index (κ1) is 16.5. The number of hydrogen-bond acceptors (Lipinski definition) is 2. The Morgan fingerprint density at radius 1 is 0.957 bits per heavy atom. The van der Waals surface area contributed by atoms with Gasteiger partial charge in [-0.2, -0.15) is 0 Å². The molecule has 7 heteroatoms. The van der Waals surface area contributed by atoms with Gasteiger partial charge >= 0.3 is 5.97 Å². The molecule has 120 valence electrons. The van der Waals surface area contributed by atoms with Crippen LogP contribution in [0, 0.1) is 17.5 Å². The standard InChI is InChI=1S/C16H12F3NO3/c17-11-3-1-9(2-4-11)5-14(16(22)23)20-15(21)10-6-12(18)8-13(19)7-10/h1-4,6-8,14H,5H2,(H,20,21)(H,22,23)/t14-/m0/s1. The fraction of sp³-hybridized carbons (Fsp3) is 0.125. The Labute approximate surface area is 129 Å². The maximum atomic E-state index is 13.1. The molecule has 1 atom stereocenters. The molecule has 4 nitrogen and oxygen atoms in total. The Morgan fingerprint density at radius 2 is 1.52 bits per heavy atom. The van der Waals surface area contributed by atoms with E-state index in [4.69, 9.17) is 5.11 Å². The lowest BCUT2D eigenvalue weighted by Crippen LogP contribution is -2.42. The molecular weight excluding hydrogens is 311 g/mol. The van der Waals surface area contributed by atoms with Crippen LogP contribution in [0.1, 0.15) is 15.9 Å². The number of carboxylic acid groups (broad SMARTS) is 1. The largest absolute Gasteiger partial charge is 0.480 e. The van der Waals surface area contributed by atoms with E-state index in [1.54, 1.807) is 0 Å². The Hall–Kier alpha value is -2.83. The molecule has 0 aliphatic heterocycles. The minimum atomic E-state index is -1.32. The topological polar surface area (TPSA) is 66.4 Å². The smallest absolute Gasteiger partial charge is 0.326 e. The lowest BCUT2D eigenvalue weighted by molar-refractivity contribution is -0.139. The summed E-state index contributed by atoms with van der Waals surface area (Å²) in [6, 6.07) is 5.99. The zero-order chi connectivity index (χ0) is 17.0. The molecule has 0 heterocycles. The van der Waals surface area contributed by atoms with Gasteiger partial charge in [0.15, 0.2) is 0 Å². The summed E-state index contributed by atoms with van der Waals surface area (Å²) in [5, 5.41) is 11.3. The van der Waals surface area contributed by atoms with Crippen molar-refractivity contribution in [1.82, 2.24) is 5.32 Å². The highest BCUT2D eigenvalue weighted by Gasteiger charge is 2.21. The average molecular weight is 323 g/mol. The van der Waals surface area contributed by atoms with Gasteiger partial charge in [-0.3, -0.25) is 4.79 Å². The van der Waals surface area contributed by atoms with Crippen LogP contribution in [0.2, 0.25) is 0 Å². The summed E-state index contributed by atoms with van der Waals surface area (Å²) in [5.74, 6) is -4.60. The molecule has 0 bridgehead atoms. The van der Waals surface area contributed by atoms with Crippen molar-refractivity contribution in [2.75, 3.05) is 0 Å². The van der Waals surface area contributed by atoms with Crippen LogP contribution in [0.5, 0.6) is 0 Å². The van der Waals surface area contributed by atoms with Crippen LogP contribution < -0.4 is 5.32 Å². The number of carbonyl (C=O) groups excluding carboxylic acids is 1.